The molecule has 0 fully saturated rings. The van der Waals surface area contributed by atoms with Crippen LogP contribution in [0.2, 0.25) is 4.34 Å². The number of nitrogens with zero attached hydrogens (tertiary/aromatic N) is 1. The summed E-state index contributed by atoms with van der Waals surface area (Å²) in [5.41, 5.74) is 0.320. The normalized spacial score (nSPS) is 18.6. The van der Waals surface area contributed by atoms with E-state index in [0.29, 0.717) is 15.9 Å². The number of rotatable bonds is 1. The molecule has 72 valence electrons. The Balaban J connectivity index is 2.31. The molecule has 2 rings (SSSR count). The van der Waals surface area contributed by atoms with Crippen molar-refractivity contribution in [1.82, 2.24) is 0 Å². The molecule has 0 atom stereocenters. The van der Waals surface area contributed by atoms with E-state index in [4.69, 9.17) is 16.3 Å². The molecule has 1 aromatic heterocycles. The molecule has 1 aromatic rings. The molecule has 1 aliphatic heterocycles. The molecule has 0 aliphatic carbocycles. The number of cyclic esters (lactones) is 1. The van der Waals surface area contributed by atoms with Gasteiger partial charge in [0.2, 0.25) is 0 Å². The maximum atomic E-state index is 11.2. The molecule has 5 heteroatoms. The molecule has 0 radical (unpaired) electrons. The second kappa shape index (κ2) is 3.55. The molecule has 2 heterocycles. The predicted molar refractivity (Wildman–Crippen MR) is 56.5 cm³/mol. The molecule has 0 amide bonds. The monoisotopic (exact) mass is 227 g/mol. The fourth-order valence-electron chi connectivity index (χ4n) is 1.06. The molecule has 1 aliphatic rings. The SMILES string of the molecule is CC1=NC(=Cc2ccc(Cl)s2)C(=O)O1. The van der Waals surface area contributed by atoms with Crippen LogP contribution in [-0.4, -0.2) is 11.9 Å². The number of carbonyl (C=O) groups excluding carboxylic acids is 1. The van der Waals surface area contributed by atoms with Crippen LogP contribution in [0.3, 0.4) is 0 Å². The van der Waals surface area contributed by atoms with Crippen molar-refractivity contribution in [1.29, 1.82) is 0 Å². The maximum absolute atomic E-state index is 11.2. The summed E-state index contributed by atoms with van der Waals surface area (Å²) in [7, 11) is 0. The predicted octanol–water partition coefficient (Wildman–Crippen LogP) is 2.72. The first-order valence-electron chi connectivity index (χ1n) is 3.89. The van der Waals surface area contributed by atoms with E-state index in [2.05, 4.69) is 4.99 Å². The van der Waals surface area contributed by atoms with Gasteiger partial charge in [0.15, 0.2) is 11.6 Å². The maximum Gasteiger partial charge on any atom is 0.363 e. The van der Waals surface area contributed by atoms with Crippen molar-refractivity contribution in [3.05, 3.63) is 27.0 Å². The third-order valence-corrected chi connectivity index (χ3v) is 2.78. The third-order valence-electron chi connectivity index (χ3n) is 1.60. The van der Waals surface area contributed by atoms with Crippen molar-refractivity contribution in [2.24, 2.45) is 4.99 Å². The van der Waals surface area contributed by atoms with Gasteiger partial charge in [0.25, 0.3) is 0 Å². The Bertz CT molecular complexity index is 447. The lowest BCUT2D eigenvalue weighted by Crippen LogP contribution is -1.99. The fourth-order valence-corrected chi connectivity index (χ4v) is 2.05. The summed E-state index contributed by atoms with van der Waals surface area (Å²) >= 11 is 7.14. The number of carbonyl (C=O) groups is 1. The molecular weight excluding hydrogens is 222 g/mol. The standard InChI is InChI=1S/C9H6ClNO2S/c1-5-11-7(9(12)13-5)4-6-2-3-8(10)14-6/h2-4H,1H3. The first-order chi connectivity index (χ1) is 6.65. The molecule has 0 spiro atoms. The quantitative estimate of drug-likeness (QED) is 0.547. The van der Waals surface area contributed by atoms with Gasteiger partial charge in [-0.3, -0.25) is 0 Å². The lowest BCUT2D eigenvalue weighted by atomic mass is 10.3. The second-order valence-corrected chi connectivity index (χ2v) is 4.44. The highest BCUT2D eigenvalue weighted by Gasteiger charge is 2.19. The fraction of sp³-hybridized carbons (Fsp3) is 0.111. The second-order valence-electron chi connectivity index (χ2n) is 2.69. The number of halogens is 1. The molecule has 14 heavy (non-hydrogen) atoms. The Morgan fingerprint density at radius 1 is 1.57 bits per heavy atom. The van der Waals surface area contributed by atoms with Gasteiger partial charge in [-0.25, -0.2) is 9.79 Å². The topological polar surface area (TPSA) is 38.7 Å². The van der Waals surface area contributed by atoms with E-state index in [-0.39, 0.29) is 0 Å². The lowest BCUT2D eigenvalue weighted by Gasteiger charge is -1.88. The minimum absolute atomic E-state index is 0.320. The number of hydrogen-bond donors (Lipinski definition) is 0. The van der Waals surface area contributed by atoms with Gasteiger partial charge in [-0.05, 0) is 18.2 Å². The van der Waals surface area contributed by atoms with Crippen molar-refractivity contribution in [2.75, 3.05) is 0 Å². The van der Waals surface area contributed by atoms with E-state index in [1.54, 1.807) is 19.1 Å². The van der Waals surface area contributed by atoms with Crippen molar-refractivity contribution >= 4 is 40.9 Å². The molecule has 0 N–H and O–H groups in total. The summed E-state index contributed by atoms with van der Waals surface area (Å²) < 4.78 is 5.45. The van der Waals surface area contributed by atoms with Crippen LogP contribution in [0.5, 0.6) is 0 Å². The number of hydrogen-bond acceptors (Lipinski definition) is 4. The van der Waals surface area contributed by atoms with Crippen LogP contribution in [0.15, 0.2) is 22.8 Å². The average Bonchev–Trinajstić information content (AvgIpc) is 2.61. The van der Waals surface area contributed by atoms with E-state index in [9.17, 15) is 4.79 Å². The first-order valence-corrected chi connectivity index (χ1v) is 5.09. The molecule has 0 saturated carbocycles. The van der Waals surface area contributed by atoms with Crippen molar-refractivity contribution in [3.8, 4) is 0 Å². The number of ether oxygens (including phenoxy) is 1. The number of esters is 1. The van der Waals surface area contributed by atoms with E-state index in [1.807, 2.05) is 6.07 Å². The summed E-state index contributed by atoms with van der Waals surface area (Å²) in [5, 5.41) is 0. The van der Waals surface area contributed by atoms with Gasteiger partial charge in [0.1, 0.15) is 0 Å². The van der Waals surface area contributed by atoms with Gasteiger partial charge in [0, 0.05) is 11.8 Å². The van der Waals surface area contributed by atoms with Gasteiger partial charge in [-0.1, -0.05) is 11.6 Å². The van der Waals surface area contributed by atoms with E-state index in [0.717, 1.165) is 4.88 Å². The molecule has 0 unspecified atom stereocenters. The van der Waals surface area contributed by atoms with Gasteiger partial charge >= 0.3 is 5.97 Å². The van der Waals surface area contributed by atoms with Crippen molar-refractivity contribution in [3.63, 3.8) is 0 Å². The van der Waals surface area contributed by atoms with Crippen LogP contribution < -0.4 is 0 Å². The van der Waals surface area contributed by atoms with E-state index >= 15 is 0 Å². The summed E-state index contributed by atoms with van der Waals surface area (Å²) in [4.78, 5) is 16.0. The Hall–Kier alpha value is -1.13. The summed E-state index contributed by atoms with van der Waals surface area (Å²) in [6, 6.07) is 3.60. The van der Waals surface area contributed by atoms with Crippen molar-refractivity contribution < 1.29 is 9.53 Å². The highest BCUT2D eigenvalue weighted by Crippen LogP contribution is 2.25. The number of aliphatic imine (C=N–C) groups is 1. The Morgan fingerprint density at radius 3 is 2.86 bits per heavy atom. The minimum atomic E-state index is -0.410. The molecule has 0 bridgehead atoms. The van der Waals surface area contributed by atoms with Gasteiger partial charge in [0.05, 0.1) is 4.34 Å². The van der Waals surface area contributed by atoms with Crippen LogP contribution >= 0.6 is 22.9 Å². The highest BCUT2D eigenvalue weighted by molar-refractivity contribution is 7.17. The van der Waals surface area contributed by atoms with E-state index in [1.165, 1.54) is 11.3 Å². The summed E-state index contributed by atoms with van der Waals surface area (Å²) in [6.45, 7) is 1.64. The highest BCUT2D eigenvalue weighted by atomic mass is 35.5. The lowest BCUT2D eigenvalue weighted by molar-refractivity contribution is -0.130. The van der Waals surface area contributed by atoms with Crippen LogP contribution in [0, 0.1) is 0 Å². The van der Waals surface area contributed by atoms with Gasteiger partial charge in [-0.2, -0.15) is 0 Å². The third kappa shape index (κ3) is 1.86. The Kier molecular flexibility index (Phi) is 2.39. The summed E-state index contributed by atoms with van der Waals surface area (Å²) in [6.07, 6.45) is 1.66. The molecule has 0 aromatic carbocycles. The van der Waals surface area contributed by atoms with Crippen LogP contribution in [0.1, 0.15) is 11.8 Å². The van der Waals surface area contributed by atoms with Crippen LogP contribution in [-0.2, 0) is 9.53 Å². The Labute approximate surface area is 89.7 Å². The van der Waals surface area contributed by atoms with Crippen LogP contribution in [0.25, 0.3) is 6.08 Å². The first kappa shape index (κ1) is 9.43. The van der Waals surface area contributed by atoms with E-state index < -0.39 is 5.97 Å². The van der Waals surface area contributed by atoms with Crippen LogP contribution in [0.4, 0.5) is 0 Å². The minimum Gasteiger partial charge on any atom is -0.407 e. The average molecular weight is 228 g/mol. The smallest absolute Gasteiger partial charge is 0.363 e. The molecular formula is C9H6ClNO2S. The van der Waals surface area contributed by atoms with Crippen molar-refractivity contribution in [2.45, 2.75) is 6.92 Å². The summed E-state index contributed by atoms with van der Waals surface area (Å²) in [5.74, 6) is -0.0316. The largest absolute Gasteiger partial charge is 0.407 e. The zero-order valence-corrected chi connectivity index (χ0v) is 8.85. The van der Waals surface area contributed by atoms with Gasteiger partial charge < -0.3 is 4.74 Å². The number of thiophene rings is 1. The molecule has 0 saturated heterocycles. The van der Waals surface area contributed by atoms with Gasteiger partial charge in [-0.15, -0.1) is 11.3 Å². The zero-order chi connectivity index (χ0) is 10.1. The zero-order valence-electron chi connectivity index (χ0n) is 7.28. The Morgan fingerprint density at radius 2 is 2.36 bits per heavy atom. The molecule has 3 nitrogen and oxygen atoms in total.